The van der Waals surface area contributed by atoms with E-state index in [1.807, 2.05) is 19.1 Å². The van der Waals surface area contributed by atoms with E-state index in [1.54, 1.807) is 6.08 Å². The number of amides is 2. The minimum atomic E-state index is -1.31. The third-order valence-corrected chi connectivity index (χ3v) is 3.15. The highest BCUT2D eigenvalue weighted by Crippen LogP contribution is 2.16. The number of thiophene rings is 1. The van der Waals surface area contributed by atoms with Crippen LogP contribution in [0.4, 0.5) is 0 Å². The molecule has 0 saturated heterocycles. The molecular formula is C12H14N2O4S. The Balaban J connectivity index is 2.60. The second-order valence-corrected chi connectivity index (χ2v) is 5.17. The molecular weight excluding hydrogens is 268 g/mol. The van der Waals surface area contributed by atoms with Crippen LogP contribution in [0.25, 0.3) is 6.08 Å². The van der Waals surface area contributed by atoms with E-state index in [0.29, 0.717) is 0 Å². The van der Waals surface area contributed by atoms with Gasteiger partial charge in [0.05, 0.1) is 6.42 Å². The van der Waals surface area contributed by atoms with Crippen molar-refractivity contribution in [3.05, 3.63) is 28.0 Å². The molecule has 0 radical (unpaired) electrons. The van der Waals surface area contributed by atoms with Gasteiger partial charge in [0.2, 0.25) is 11.8 Å². The van der Waals surface area contributed by atoms with Crippen LogP contribution in [-0.2, 0) is 14.4 Å². The molecule has 2 amide bonds. The first-order valence-corrected chi connectivity index (χ1v) is 6.26. The number of carboxylic acid groups (broad SMARTS) is 1. The van der Waals surface area contributed by atoms with E-state index in [0.717, 1.165) is 9.75 Å². The summed E-state index contributed by atoms with van der Waals surface area (Å²) in [4.78, 5) is 35.0. The number of carboxylic acids is 1. The smallest absolute Gasteiger partial charge is 0.326 e. The SMILES string of the molecule is Cc1ccc(/C=C/C(=O)N[C@H](CC(N)=O)C(=O)O)s1. The molecule has 102 valence electrons. The van der Waals surface area contributed by atoms with E-state index < -0.39 is 30.2 Å². The van der Waals surface area contributed by atoms with E-state index in [9.17, 15) is 14.4 Å². The number of carbonyl (C=O) groups excluding carboxylic acids is 2. The predicted molar refractivity (Wildman–Crippen MR) is 71.5 cm³/mol. The number of nitrogens with two attached hydrogens (primary N) is 1. The molecule has 0 spiro atoms. The van der Waals surface area contributed by atoms with Crippen molar-refractivity contribution in [1.29, 1.82) is 0 Å². The van der Waals surface area contributed by atoms with E-state index >= 15 is 0 Å². The van der Waals surface area contributed by atoms with Gasteiger partial charge in [-0.2, -0.15) is 0 Å². The van der Waals surface area contributed by atoms with E-state index in [4.69, 9.17) is 10.8 Å². The minimum absolute atomic E-state index is 0.437. The molecule has 0 aromatic carbocycles. The molecule has 0 aliphatic carbocycles. The summed E-state index contributed by atoms with van der Waals surface area (Å²) in [6.45, 7) is 1.94. The van der Waals surface area contributed by atoms with Crippen molar-refractivity contribution in [1.82, 2.24) is 5.32 Å². The van der Waals surface area contributed by atoms with Crippen LogP contribution in [0, 0.1) is 6.92 Å². The first-order chi connectivity index (χ1) is 8.88. The summed E-state index contributed by atoms with van der Waals surface area (Å²) in [6.07, 6.45) is 2.37. The number of rotatable bonds is 6. The van der Waals surface area contributed by atoms with E-state index in [2.05, 4.69) is 5.32 Å². The average Bonchev–Trinajstić information content (AvgIpc) is 2.71. The largest absolute Gasteiger partial charge is 0.480 e. The number of aliphatic carboxylic acids is 1. The molecule has 0 bridgehead atoms. The second-order valence-electron chi connectivity index (χ2n) is 3.85. The highest BCUT2D eigenvalue weighted by molar-refractivity contribution is 7.12. The van der Waals surface area contributed by atoms with Gasteiger partial charge in [-0.3, -0.25) is 9.59 Å². The Morgan fingerprint density at radius 2 is 2.16 bits per heavy atom. The molecule has 4 N–H and O–H groups in total. The second kappa shape index (κ2) is 6.69. The van der Waals surface area contributed by atoms with Crippen molar-refractivity contribution < 1.29 is 19.5 Å². The fraction of sp³-hybridized carbons (Fsp3) is 0.250. The third-order valence-electron chi connectivity index (χ3n) is 2.18. The van der Waals surface area contributed by atoms with Crippen LogP contribution in [0.1, 0.15) is 16.2 Å². The summed E-state index contributed by atoms with van der Waals surface area (Å²) in [6, 6.07) is 2.46. The molecule has 0 unspecified atom stereocenters. The topological polar surface area (TPSA) is 109 Å². The molecule has 6 nitrogen and oxygen atoms in total. The molecule has 1 heterocycles. The summed E-state index contributed by atoms with van der Waals surface area (Å²) in [5, 5.41) is 11.0. The standard InChI is InChI=1S/C12H14N2O4S/c1-7-2-3-8(19-7)4-5-11(16)14-9(12(17)18)6-10(13)15/h2-5,9H,6H2,1H3,(H2,13,15)(H,14,16)(H,17,18)/b5-4+/t9-/m1/s1. The van der Waals surface area contributed by atoms with Crippen molar-refractivity contribution in [2.24, 2.45) is 5.73 Å². The minimum Gasteiger partial charge on any atom is -0.480 e. The lowest BCUT2D eigenvalue weighted by atomic mass is 10.2. The van der Waals surface area contributed by atoms with Gasteiger partial charge in [-0.1, -0.05) is 0 Å². The fourth-order valence-electron chi connectivity index (χ4n) is 1.32. The van der Waals surface area contributed by atoms with Gasteiger partial charge < -0.3 is 16.2 Å². The van der Waals surface area contributed by atoms with Gasteiger partial charge in [0.25, 0.3) is 0 Å². The van der Waals surface area contributed by atoms with Crippen LogP contribution >= 0.6 is 11.3 Å². The van der Waals surface area contributed by atoms with E-state index in [1.165, 1.54) is 17.4 Å². The lowest BCUT2D eigenvalue weighted by molar-refractivity contribution is -0.142. The van der Waals surface area contributed by atoms with Crippen molar-refractivity contribution in [2.45, 2.75) is 19.4 Å². The Morgan fingerprint density at radius 3 is 2.63 bits per heavy atom. The average molecular weight is 282 g/mol. The number of carbonyl (C=O) groups is 3. The van der Waals surface area contributed by atoms with E-state index in [-0.39, 0.29) is 0 Å². The lowest BCUT2D eigenvalue weighted by Crippen LogP contribution is -2.42. The normalized spacial score (nSPS) is 12.3. The van der Waals surface area contributed by atoms with Gasteiger partial charge in [-0.05, 0) is 25.1 Å². The lowest BCUT2D eigenvalue weighted by Gasteiger charge is -2.10. The molecule has 1 aromatic heterocycles. The maximum absolute atomic E-state index is 11.5. The highest BCUT2D eigenvalue weighted by atomic mass is 32.1. The number of hydrogen-bond acceptors (Lipinski definition) is 4. The van der Waals surface area contributed by atoms with Crippen molar-refractivity contribution in [3.8, 4) is 0 Å². The number of aryl methyl sites for hydroxylation is 1. The highest BCUT2D eigenvalue weighted by Gasteiger charge is 2.20. The van der Waals surface area contributed by atoms with Crippen LogP contribution < -0.4 is 11.1 Å². The zero-order valence-electron chi connectivity index (χ0n) is 10.3. The molecule has 0 aliphatic rings. The molecule has 0 aliphatic heterocycles. The van der Waals surface area contributed by atoms with Gasteiger partial charge in [0.15, 0.2) is 0 Å². The van der Waals surface area contributed by atoms with Crippen LogP contribution in [0.15, 0.2) is 18.2 Å². The first-order valence-electron chi connectivity index (χ1n) is 5.44. The number of hydrogen-bond donors (Lipinski definition) is 3. The van der Waals surface area contributed by atoms with Crippen LogP contribution in [-0.4, -0.2) is 28.9 Å². The number of nitrogens with one attached hydrogen (secondary N) is 1. The van der Waals surface area contributed by atoms with Crippen LogP contribution in [0.2, 0.25) is 0 Å². The Kier molecular flexibility index (Phi) is 5.25. The van der Waals surface area contributed by atoms with Gasteiger partial charge >= 0.3 is 5.97 Å². The summed E-state index contributed by atoms with van der Waals surface area (Å²) < 4.78 is 0. The van der Waals surface area contributed by atoms with Crippen molar-refractivity contribution in [3.63, 3.8) is 0 Å². The fourth-order valence-corrected chi connectivity index (χ4v) is 2.10. The number of primary amides is 1. The van der Waals surface area contributed by atoms with Crippen molar-refractivity contribution in [2.75, 3.05) is 0 Å². The molecule has 0 saturated carbocycles. The Bertz CT molecular complexity index is 522. The summed E-state index contributed by atoms with van der Waals surface area (Å²) in [5.74, 6) is -2.67. The van der Waals surface area contributed by atoms with Crippen molar-refractivity contribution >= 4 is 35.2 Å². The maximum atomic E-state index is 11.5. The molecule has 19 heavy (non-hydrogen) atoms. The maximum Gasteiger partial charge on any atom is 0.326 e. The molecule has 7 heteroatoms. The van der Waals surface area contributed by atoms with Crippen LogP contribution in [0.5, 0.6) is 0 Å². The van der Waals surface area contributed by atoms with Gasteiger partial charge in [0.1, 0.15) is 6.04 Å². The zero-order chi connectivity index (χ0) is 14.4. The Labute approximate surface area is 113 Å². The molecule has 1 rings (SSSR count). The predicted octanol–water partition coefficient (Wildman–Crippen LogP) is 0.515. The molecule has 1 atom stereocenters. The first kappa shape index (κ1) is 14.9. The van der Waals surface area contributed by atoms with Gasteiger partial charge in [0, 0.05) is 15.8 Å². The monoisotopic (exact) mass is 282 g/mol. The zero-order valence-corrected chi connectivity index (χ0v) is 11.1. The Morgan fingerprint density at radius 1 is 1.47 bits per heavy atom. The van der Waals surface area contributed by atoms with Gasteiger partial charge in [-0.15, -0.1) is 11.3 Å². The molecule has 0 fully saturated rings. The summed E-state index contributed by atoms with van der Waals surface area (Å²) in [7, 11) is 0. The molecule has 1 aromatic rings. The summed E-state index contributed by atoms with van der Waals surface area (Å²) >= 11 is 1.51. The summed E-state index contributed by atoms with van der Waals surface area (Å²) in [5.41, 5.74) is 4.90. The van der Waals surface area contributed by atoms with Gasteiger partial charge in [-0.25, -0.2) is 4.79 Å². The quantitative estimate of drug-likeness (QED) is 0.660. The van der Waals surface area contributed by atoms with Crippen LogP contribution in [0.3, 0.4) is 0 Å². The Hall–Kier alpha value is -2.15. The third kappa shape index (κ3) is 5.35.